The lowest BCUT2D eigenvalue weighted by atomic mass is 9.86. The van der Waals surface area contributed by atoms with E-state index in [-0.39, 0.29) is 29.7 Å². The molecule has 3 rings (SSSR count). The Morgan fingerprint density at radius 2 is 2.00 bits per heavy atom. The van der Waals surface area contributed by atoms with Gasteiger partial charge in [-0.25, -0.2) is 4.39 Å². The molecular formula is C18H21FN2O3. The number of fused-ring (bicyclic) bond motifs is 1. The second-order valence-electron chi connectivity index (χ2n) is 6.19. The highest BCUT2D eigenvalue weighted by molar-refractivity contribution is 5.98. The van der Waals surface area contributed by atoms with Gasteiger partial charge in [0.2, 0.25) is 0 Å². The predicted molar refractivity (Wildman–Crippen MR) is 88.1 cm³/mol. The van der Waals surface area contributed by atoms with Crippen molar-refractivity contribution in [2.75, 3.05) is 6.61 Å². The largest absolute Gasteiger partial charge is 0.466 e. The third kappa shape index (κ3) is 3.58. The van der Waals surface area contributed by atoms with E-state index in [1.54, 1.807) is 19.1 Å². The van der Waals surface area contributed by atoms with Crippen molar-refractivity contribution in [3.63, 3.8) is 0 Å². The Morgan fingerprint density at radius 1 is 1.25 bits per heavy atom. The molecule has 5 nitrogen and oxygen atoms in total. The zero-order valence-corrected chi connectivity index (χ0v) is 13.6. The summed E-state index contributed by atoms with van der Waals surface area (Å²) >= 11 is 0. The normalized spacial score (nSPS) is 20.8. The van der Waals surface area contributed by atoms with Crippen molar-refractivity contribution in [3.05, 3.63) is 35.8 Å². The van der Waals surface area contributed by atoms with Crippen LogP contribution in [-0.4, -0.2) is 29.5 Å². The van der Waals surface area contributed by atoms with Crippen LogP contribution in [0.5, 0.6) is 0 Å². The summed E-state index contributed by atoms with van der Waals surface area (Å²) in [6, 6.07) is 6.07. The number of amides is 1. The maximum atomic E-state index is 13.2. The van der Waals surface area contributed by atoms with Crippen molar-refractivity contribution in [3.8, 4) is 0 Å². The molecule has 0 spiro atoms. The molecule has 2 N–H and O–H groups in total. The second-order valence-corrected chi connectivity index (χ2v) is 6.19. The number of hydrogen-bond acceptors (Lipinski definition) is 3. The average molecular weight is 332 g/mol. The summed E-state index contributed by atoms with van der Waals surface area (Å²) in [5.41, 5.74) is 1.15. The zero-order chi connectivity index (χ0) is 17.1. The number of nitrogens with one attached hydrogen (secondary N) is 2. The SMILES string of the molecule is CCOC(=O)C1CCC(NC(=O)c2cc3cc(F)ccc3[nH]2)CC1. The minimum atomic E-state index is -0.328. The van der Waals surface area contributed by atoms with Gasteiger partial charge >= 0.3 is 5.97 Å². The van der Waals surface area contributed by atoms with E-state index in [0.29, 0.717) is 17.7 Å². The highest BCUT2D eigenvalue weighted by Crippen LogP contribution is 2.26. The first-order chi connectivity index (χ1) is 11.6. The summed E-state index contributed by atoms with van der Waals surface area (Å²) in [5.74, 6) is -0.731. The Kier molecular flexibility index (Phi) is 4.83. The second kappa shape index (κ2) is 7.03. The summed E-state index contributed by atoms with van der Waals surface area (Å²) in [6.45, 7) is 2.20. The minimum Gasteiger partial charge on any atom is -0.466 e. The van der Waals surface area contributed by atoms with Crippen molar-refractivity contribution < 1.29 is 18.7 Å². The number of H-pyrrole nitrogens is 1. The Bertz CT molecular complexity index is 748. The van der Waals surface area contributed by atoms with Crippen LogP contribution < -0.4 is 5.32 Å². The molecule has 1 heterocycles. The summed E-state index contributed by atoms with van der Waals surface area (Å²) in [5, 5.41) is 3.66. The van der Waals surface area contributed by atoms with Crippen LogP contribution in [0.3, 0.4) is 0 Å². The first kappa shape index (κ1) is 16.5. The van der Waals surface area contributed by atoms with Crippen LogP contribution in [-0.2, 0) is 9.53 Å². The Balaban J connectivity index is 1.58. The quantitative estimate of drug-likeness (QED) is 0.845. The maximum Gasteiger partial charge on any atom is 0.308 e. The number of hydrogen-bond donors (Lipinski definition) is 2. The van der Waals surface area contributed by atoms with E-state index < -0.39 is 0 Å². The number of ether oxygens (including phenoxy) is 1. The summed E-state index contributed by atoms with van der Waals surface area (Å²) < 4.78 is 18.3. The topological polar surface area (TPSA) is 71.2 Å². The molecule has 0 aliphatic heterocycles. The van der Waals surface area contributed by atoms with Gasteiger partial charge in [0.05, 0.1) is 12.5 Å². The molecule has 6 heteroatoms. The van der Waals surface area contributed by atoms with Crippen molar-refractivity contribution in [2.45, 2.75) is 38.6 Å². The fourth-order valence-electron chi connectivity index (χ4n) is 3.22. The minimum absolute atomic E-state index is 0.0475. The molecule has 1 aliphatic rings. The molecule has 1 aliphatic carbocycles. The molecule has 1 amide bonds. The summed E-state index contributed by atoms with van der Waals surface area (Å²) in [7, 11) is 0. The van der Waals surface area contributed by atoms with Crippen molar-refractivity contribution in [1.29, 1.82) is 0 Å². The summed E-state index contributed by atoms with van der Waals surface area (Å²) in [6.07, 6.45) is 2.96. The maximum absolute atomic E-state index is 13.2. The Morgan fingerprint density at radius 3 is 2.71 bits per heavy atom. The average Bonchev–Trinajstić information content (AvgIpc) is 2.99. The van der Waals surface area contributed by atoms with Crippen LogP contribution in [0.1, 0.15) is 43.1 Å². The van der Waals surface area contributed by atoms with Gasteiger partial charge in [-0.2, -0.15) is 0 Å². The molecule has 1 aromatic carbocycles. The van der Waals surface area contributed by atoms with Crippen molar-refractivity contribution >= 4 is 22.8 Å². The lowest BCUT2D eigenvalue weighted by molar-refractivity contribution is -0.149. The fourth-order valence-corrected chi connectivity index (χ4v) is 3.22. The van der Waals surface area contributed by atoms with E-state index in [1.165, 1.54) is 12.1 Å². The van der Waals surface area contributed by atoms with E-state index >= 15 is 0 Å². The first-order valence-electron chi connectivity index (χ1n) is 8.32. The smallest absolute Gasteiger partial charge is 0.308 e. The highest BCUT2D eigenvalue weighted by Gasteiger charge is 2.28. The highest BCUT2D eigenvalue weighted by atomic mass is 19.1. The molecule has 1 saturated carbocycles. The van der Waals surface area contributed by atoms with Gasteiger partial charge in [-0.15, -0.1) is 0 Å². The lowest BCUT2D eigenvalue weighted by Crippen LogP contribution is -2.39. The number of benzene rings is 1. The molecule has 0 bridgehead atoms. The van der Waals surface area contributed by atoms with E-state index in [2.05, 4.69) is 10.3 Å². The van der Waals surface area contributed by atoms with Crippen LogP contribution in [0.2, 0.25) is 0 Å². The third-order valence-electron chi connectivity index (χ3n) is 4.51. The molecular weight excluding hydrogens is 311 g/mol. The number of carbonyl (C=O) groups excluding carboxylic acids is 2. The zero-order valence-electron chi connectivity index (χ0n) is 13.6. The van der Waals surface area contributed by atoms with Gasteiger partial charge in [-0.05, 0) is 56.9 Å². The van der Waals surface area contributed by atoms with E-state index in [0.717, 1.165) is 31.2 Å². The fraction of sp³-hybridized carbons (Fsp3) is 0.444. The molecule has 0 radical (unpaired) electrons. The van der Waals surface area contributed by atoms with Crippen LogP contribution in [0, 0.1) is 11.7 Å². The Hall–Kier alpha value is -2.37. The predicted octanol–water partition coefficient (Wildman–Crippen LogP) is 3.16. The molecule has 1 aromatic heterocycles. The molecule has 128 valence electrons. The van der Waals surface area contributed by atoms with Gasteiger partial charge in [-0.1, -0.05) is 0 Å². The molecule has 1 fully saturated rings. The van der Waals surface area contributed by atoms with Crippen molar-refractivity contribution in [1.82, 2.24) is 10.3 Å². The molecule has 0 saturated heterocycles. The number of esters is 1. The number of aromatic amines is 1. The number of aromatic nitrogens is 1. The number of halogens is 1. The van der Waals surface area contributed by atoms with E-state index in [1.807, 2.05) is 0 Å². The van der Waals surface area contributed by atoms with Gasteiger partial charge in [0, 0.05) is 16.9 Å². The van der Waals surface area contributed by atoms with Crippen molar-refractivity contribution in [2.24, 2.45) is 5.92 Å². The van der Waals surface area contributed by atoms with E-state index in [4.69, 9.17) is 4.74 Å². The van der Waals surface area contributed by atoms with Gasteiger partial charge in [0.15, 0.2) is 0 Å². The summed E-state index contributed by atoms with van der Waals surface area (Å²) in [4.78, 5) is 27.1. The van der Waals surface area contributed by atoms with Gasteiger partial charge < -0.3 is 15.0 Å². The van der Waals surface area contributed by atoms with Crippen LogP contribution in [0.15, 0.2) is 24.3 Å². The molecule has 24 heavy (non-hydrogen) atoms. The molecule has 0 atom stereocenters. The van der Waals surface area contributed by atoms with Crippen LogP contribution in [0.4, 0.5) is 4.39 Å². The van der Waals surface area contributed by atoms with Crippen LogP contribution >= 0.6 is 0 Å². The van der Waals surface area contributed by atoms with Crippen LogP contribution in [0.25, 0.3) is 10.9 Å². The first-order valence-corrected chi connectivity index (χ1v) is 8.32. The third-order valence-corrected chi connectivity index (χ3v) is 4.51. The molecule has 2 aromatic rings. The number of carbonyl (C=O) groups is 2. The monoisotopic (exact) mass is 332 g/mol. The standard InChI is InChI=1S/C18H21FN2O3/c1-2-24-18(23)11-3-6-14(7-4-11)20-17(22)16-10-12-9-13(19)5-8-15(12)21-16/h5,8-11,14,21H,2-4,6-7H2,1H3,(H,20,22). The Labute approximate surface area is 139 Å². The van der Waals surface area contributed by atoms with Gasteiger partial charge in [0.1, 0.15) is 11.5 Å². The van der Waals surface area contributed by atoms with E-state index in [9.17, 15) is 14.0 Å². The van der Waals surface area contributed by atoms with Gasteiger partial charge in [0.25, 0.3) is 5.91 Å². The number of rotatable bonds is 4. The van der Waals surface area contributed by atoms with Gasteiger partial charge in [-0.3, -0.25) is 9.59 Å². The molecule has 0 unspecified atom stereocenters. The lowest BCUT2D eigenvalue weighted by Gasteiger charge is -2.27.